The van der Waals surface area contributed by atoms with E-state index in [2.05, 4.69) is 17.0 Å². The van der Waals surface area contributed by atoms with E-state index in [1.54, 1.807) is 6.92 Å². The van der Waals surface area contributed by atoms with Crippen LogP contribution in [0, 0.1) is 5.92 Å². The molecule has 1 heterocycles. The second kappa shape index (κ2) is 4.81. The lowest BCUT2D eigenvalue weighted by molar-refractivity contribution is -0.137. The maximum atomic E-state index is 10.7. The van der Waals surface area contributed by atoms with Crippen molar-refractivity contribution in [3.63, 3.8) is 0 Å². The minimum Gasteiger partial charge on any atom is -0.390 e. The first-order valence-electron chi connectivity index (χ1n) is 7.31. The minimum absolute atomic E-state index is 0.257. The number of aliphatic hydroxyl groups excluding tert-OH is 1. The number of likely N-dealkylation sites (tertiary alicyclic amines) is 1. The summed E-state index contributed by atoms with van der Waals surface area (Å²) in [6.07, 6.45) is -0.0452. The van der Waals surface area contributed by atoms with Crippen LogP contribution in [0.25, 0.3) is 0 Å². The smallest absolute Gasteiger partial charge is 0.0986 e. The first kappa shape index (κ1) is 14.0. The van der Waals surface area contributed by atoms with E-state index in [-0.39, 0.29) is 12.3 Å². The van der Waals surface area contributed by atoms with Gasteiger partial charge in [-0.25, -0.2) is 0 Å². The number of benzene rings is 1. The third kappa shape index (κ3) is 2.27. The Morgan fingerprint density at radius 3 is 2.65 bits per heavy atom. The summed E-state index contributed by atoms with van der Waals surface area (Å²) in [5.41, 5.74) is -0.892. The fraction of sp³-hybridized carbons (Fsp3) is 0.625. The Hall–Kier alpha value is -0.940. The van der Waals surface area contributed by atoms with Crippen molar-refractivity contribution in [2.75, 3.05) is 13.1 Å². The van der Waals surface area contributed by atoms with Gasteiger partial charge in [0.05, 0.1) is 17.3 Å². The molecule has 0 aromatic heterocycles. The highest BCUT2D eigenvalue weighted by Gasteiger charge is 2.60. The lowest BCUT2D eigenvalue weighted by Gasteiger charge is -2.44. The normalized spacial score (nSPS) is 41.6. The van der Waals surface area contributed by atoms with Gasteiger partial charge in [-0.3, -0.25) is 4.90 Å². The third-order valence-corrected chi connectivity index (χ3v) is 5.06. The lowest BCUT2D eigenvalue weighted by Crippen LogP contribution is -2.57. The summed E-state index contributed by atoms with van der Waals surface area (Å²) >= 11 is 0. The van der Waals surface area contributed by atoms with Gasteiger partial charge in [-0.1, -0.05) is 30.3 Å². The van der Waals surface area contributed by atoms with Crippen molar-refractivity contribution in [2.24, 2.45) is 5.92 Å². The molecule has 3 rings (SSSR count). The summed E-state index contributed by atoms with van der Waals surface area (Å²) in [7, 11) is 0. The molecule has 1 saturated heterocycles. The molecule has 1 unspecified atom stereocenters. The Labute approximate surface area is 119 Å². The van der Waals surface area contributed by atoms with Gasteiger partial charge >= 0.3 is 0 Å². The summed E-state index contributed by atoms with van der Waals surface area (Å²) in [5.74, 6) is -0.289. The predicted molar refractivity (Wildman–Crippen MR) is 76.0 cm³/mol. The van der Waals surface area contributed by atoms with Gasteiger partial charge in [0.2, 0.25) is 0 Å². The van der Waals surface area contributed by atoms with Gasteiger partial charge in [0, 0.05) is 32.0 Å². The van der Waals surface area contributed by atoms with Crippen LogP contribution < -0.4 is 0 Å². The van der Waals surface area contributed by atoms with Gasteiger partial charge in [0.15, 0.2) is 0 Å². The second-order valence-electron chi connectivity index (χ2n) is 6.59. The highest BCUT2D eigenvalue weighted by Crippen LogP contribution is 2.47. The number of hydrogen-bond acceptors (Lipinski definition) is 4. The number of nitrogens with zero attached hydrogens (tertiary/aromatic N) is 1. The molecule has 0 bridgehead atoms. The topological polar surface area (TPSA) is 63.9 Å². The molecule has 1 aliphatic carbocycles. The van der Waals surface area contributed by atoms with Gasteiger partial charge in [0.25, 0.3) is 0 Å². The van der Waals surface area contributed by atoms with E-state index in [9.17, 15) is 15.3 Å². The van der Waals surface area contributed by atoms with Crippen molar-refractivity contribution in [1.29, 1.82) is 0 Å². The van der Waals surface area contributed by atoms with Crippen molar-refractivity contribution in [3.8, 4) is 0 Å². The van der Waals surface area contributed by atoms with Crippen LogP contribution in [0.3, 0.4) is 0 Å². The van der Waals surface area contributed by atoms with Gasteiger partial charge in [-0.2, -0.15) is 0 Å². The number of rotatable bonds is 2. The van der Waals surface area contributed by atoms with E-state index in [0.29, 0.717) is 13.0 Å². The lowest BCUT2D eigenvalue weighted by atomic mass is 9.78. The van der Waals surface area contributed by atoms with Crippen LogP contribution in [0.2, 0.25) is 0 Å². The zero-order chi connectivity index (χ0) is 14.4. The quantitative estimate of drug-likeness (QED) is 0.746. The molecule has 2 aliphatic rings. The Morgan fingerprint density at radius 2 is 1.95 bits per heavy atom. The average Bonchev–Trinajstić information content (AvgIpc) is 2.58. The van der Waals surface area contributed by atoms with Gasteiger partial charge in [-0.05, 0) is 18.9 Å². The maximum Gasteiger partial charge on any atom is 0.0986 e. The van der Waals surface area contributed by atoms with Crippen LogP contribution in [0.15, 0.2) is 30.3 Å². The molecule has 1 saturated carbocycles. The highest BCUT2D eigenvalue weighted by atomic mass is 16.4. The molecular formula is C16H23NO3. The molecule has 4 heteroatoms. The van der Waals surface area contributed by atoms with Crippen LogP contribution in [0.5, 0.6) is 0 Å². The van der Waals surface area contributed by atoms with Crippen LogP contribution in [-0.2, 0) is 6.54 Å². The minimum atomic E-state index is -1.13. The van der Waals surface area contributed by atoms with Crippen LogP contribution >= 0.6 is 0 Å². The standard InChI is InChI=1S/C16H23NO3/c1-15(19)9-14(18)16(20)7-8-17(11-13(15)16)10-12-5-3-2-4-6-12/h2-6,13-14,18-20H,7-11H2,1H3/t13?,14-,15+,16+/m1/s1. The fourth-order valence-electron chi connectivity index (χ4n) is 3.85. The third-order valence-electron chi connectivity index (χ3n) is 5.06. The molecule has 110 valence electrons. The molecule has 1 aliphatic heterocycles. The Kier molecular flexibility index (Phi) is 3.37. The summed E-state index contributed by atoms with van der Waals surface area (Å²) in [6, 6.07) is 10.2. The maximum absolute atomic E-state index is 10.7. The molecule has 20 heavy (non-hydrogen) atoms. The van der Waals surface area contributed by atoms with Crippen molar-refractivity contribution in [1.82, 2.24) is 4.90 Å². The molecule has 3 N–H and O–H groups in total. The van der Waals surface area contributed by atoms with Crippen LogP contribution in [0.1, 0.15) is 25.3 Å². The molecular weight excluding hydrogens is 254 g/mol. The molecule has 1 aromatic carbocycles. The summed E-state index contributed by atoms with van der Waals surface area (Å²) in [6.45, 7) is 3.91. The van der Waals surface area contributed by atoms with E-state index in [1.807, 2.05) is 18.2 Å². The molecule has 2 fully saturated rings. The Morgan fingerprint density at radius 1 is 1.25 bits per heavy atom. The largest absolute Gasteiger partial charge is 0.390 e. The number of fused-ring (bicyclic) bond motifs is 1. The zero-order valence-corrected chi connectivity index (χ0v) is 11.9. The second-order valence-corrected chi connectivity index (χ2v) is 6.59. The number of aliphatic hydroxyl groups is 3. The van der Waals surface area contributed by atoms with Gasteiger partial charge in [0.1, 0.15) is 0 Å². The average molecular weight is 277 g/mol. The molecule has 4 atom stereocenters. The Balaban J connectivity index is 1.74. The highest BCUT2D eigenvalue weighted by molar-refractivity contribution is 5.16. The molecule has 4 nitrogen and oxygen atoms in total. The Bertz CT molecular complexity index is 476. The first-order chi connectivity index (χ1) is 9.42. The number of piperidine rings is 1. The molecule has 0 spiro atoms. The van der Waals surface area contributed by atoms with Gasteiger partial charge in [-0.15, -0.1) is 0 Å². The van der Waals surface area contributed by atoms with E-state index in [1.165, 1.54) is 5.56 Å². The monoisotopic (exact) mass is 277 g/mol. The molecule has 1 aromatic rings. The van der Waals surface area contributed by atoms with E-state index >= 15 is 0 Å². The van der Waals surface area contributed by atoms with Crippen molar-refractivity contribution in [3.05, 3.63) is 35.9 Å². The van der Waals surface area contributed by atoms with E-state index < -0.39 is 17.3 Å². The van der Waals surface area contributed by atoms with Crippen molar-refractivity contribution in [2.45, 2.75) is 43.6 Å². The number of hydrogen-bond donors (Lipinski definition) is 3. The molecule has 0 radical (unpaired) electrons. The van der Waals surface area contributed by atoms with E-state index in [4.69, 9.17) is 0 Å². The van der Waals surface area contributed by atoms with Crippen LogP contribution in [0.4, 0.5) is 0 Å². The van der Waals surface area contributed by atoms with Crippen molar-refractivity contribution < 1.29 is 15.3 Å². The summed E-state index contributed by atoms with van der Waals surface area (Å²) in [5, 5.41) is 31.2. The zero-order valence-electron chi connectivity index (χ0n) is 11.9. The van der Waals surface area contributed by atoms with Crippen LogP contribution in [-0.4, -0.2) is 50.6 Å². The predicted octanol–water partition coefficient (Wildman–Crippen LogP) is 0.755. The summed E-state index contributed by atoms with van der Waals surface area (Å²) < 4.78 is 0. The SMILES string of the molecule is C[C@]1(O)C[C@@H](O)[C@]2(O)CCN(Cc3ccccc3)CC12. The van der Waals surface area contributed by atoms with E-state index in [0.717, 1.165) is 13.1 Å². The van der Waals surface area contributed by atoms with Crippen molar-refractivity contribution >= 4 is 0 Å². The fourth-order valence-corrected chi connectivity index (χ4v) is 3.85. The summed E-state index contributed by atoms with van der Waals surface area (Å²) in [4.78, 5) is 2.25. The molecule has 0 amide bonds. The van der Waals surface area contributed by atoms with Gasteiger partial charge < -0.3 is 15.3 Å². The first-order valence-corrected chi connectivity index (χ1v) is 7.31.